The van der Waals surface area contributed by atoms with Crippen molar-refractivity contribution in [3.63, 3.8) is 0 Å². The standard InChI is InChI=1S/C15H30N4O2S.HI/c1-22(20,21)19-14-10-6-7-12(14)11-17-15(16)18-13-8-4-2-3-5-9-13;/h12-14,19H,2-11H2,1H3,(H3,16,17,18);1H. The van der Waals surface area contributed by atoms with E-state index in [1.807, 2.05) is 0 Å². The Hall–Kier alpha value is -0.0900. The van der Waals surface area contributed by atoms with Gasteiger partial charge in [0.05, 0.1) is 6.26 Å². The fraction of sp³-hybridized carbons (Fsp3) is 0.933. The number of guanidine groups is 1. The van der Waals surface area contributed by atoms with E-state index in [0.29, 0.717) is 18.5 Å². The maximum Gasteiger partial charge on any atom is 0.208 e. The molecule has 0 radical (unpaired) electrons. The van der Waals surface area contributed by atoms with Gasteiger partial charge in [0, 0.05) is 18.6 Å². The second-order valence-corrected chi connectivity index (χ2v) is 8.53. The van der Waals surface area contributed by atoms with Gasteiger partial charge in [-0.15, -0.1) is 24.0 Å². The molecule has 0 saturated heterocycles. The maximum absolute atomic E-state index is 11.4. The molecule has 0 bridgehead atoms. The largest absolute Gasteiger partial charge is 0.370 e. The number of sulfonamides is 1. The average Bonchev–Trinajstić information content (AvgIpc) is 2.69. The lowest BCUT2D eigenvalue weighted by atomic mass is 10.1. The van der Waals surface area contributed by atoms with E-state index in [4.69, 9.17) is 5.73 Å². The highest BCUT2D eigenvalue weighted by atomic mass is 127. The number of rotatable bonds is 5. The number of halogens is 1. The van der Waals surface area contributed by atoms with Gasteiger partial charge in [0.1, 0.15) is 0 Å². The van der Waals surface area contributed by atoms with Gasteiger partial charge in [0.2, 0.25) is 10.0 Å². The van der Waals surface area contributed by atoms with Crippen LogP contribution in [0, 0.1) is 5.92 Å². The maximum atomic E-state index is 11.4. The zero-order chi connectivity index (χ0) is 16.0. The van der Waals surface area contributed by atoms with Crippen LogP contribution < -0.4 is 15.8 Å². The third-order valence-electron chi connectivity index (χ3n) is 4.73. The first kappa shape index (κ1) is 21.0. The predicted octanol–water partition coefficient (Wildman–Crippen LogP) is 1.95. The summed E-state index contributed by atoms with van der Waals surface area (Å²) in [5.41, 5.74) is 6.01. The Bertz CT molecular complexity index is 476. The van der Waals surface area contributed by atoms with E-state index in [2.05, 4.69) is 15.0 Å². The molecule has 2 unspecified atom stereocenters. The average molecular weight is 458 g/mol. The lowest BCUT2D eigenvalue weighted by Gasteiger charge is -2.20. The van der Waals surface area contributed by atoms with Gasteiger partial charge >= 0.3 is 0 Å². The van der Waals surface area contributed by atoms with Crippen molar-refractivity contribution >= 4 is 40.0 Å². The van der Waals surface area contributed by atoms with E-state index < -0.39 is 10.0 Å². The van der Waals surface area contributed by atoms with Gasteiger partial charge in [0.25, 0.3) is 0 Å². The van der Waals surface area contributed by atoms with E-state index in [9.17, 15) is 8.42 Å². The molecule has 0 aliphatic heterocycles. The highest BCUT2D eigenvalue weighted by Crippen LogP contribution is 2.26. The Kier molecular flexibility index (Phi) is 9.13. The minimum Gasteiger partial charge on any atom is -0.370 e. The van der Waals surface area contributed by atoms with E-state index in [-0.39, 0.29) is 35.9 Å². The van der Waals surface area contributed by atoms with E-state index in [1.54, 1.807) is 0 Å². The first-order chi connectivity index (χ1) is 10.4. The molecule has 136 valence electrons. The Morgan fingerprint density at radius 1 is 1.09 bits per heavy atom. The number of hydrogen-bond donors (Lipinski definition) is 3. The summed E-state index contributed by atoms with van der Waals surface area (Å²) in [6, 6.07) is 0.448. The molecule has 23 heavy (non-hydrogen) atoms. The number of nitrogens with zero attached hydrogens (tertiary/aromatic N) is 1. The second-order valence-electron chi connectivity index (χ2n) is 6.75. The van der Waals surface area contributed by atoms with Gasteiger partial charge in [-0.25, -0.2) is 13.1 Å². The third-order valence-corrected chi connectivity index (χ3v) is 5.46. The molecule has 0 aromatic rings. The van der Waals surface area contributed by atoms with Crippen molar-refractivity contribution in [1.29, 1.82) is 0 Å². The Labute approximate surface area is 157 Å². The van der Waals surface area contributed by atoms with Gasteiger partial charge in [0.15, 0.2) is 5.96 Å². The van der Waals surface area contributed by atoms with E-state index >= 15 is 0 Å². The predicted molar refractivity (Wildman–Crippen MR) is 106 cm³/mol. The fourth-order valence-corrected chi connectivity index (χ4v) is 4.44. The van der Waals surface area contributed by atoms with Crippen LogP contribution in [0.15, 0.2) is 4.99 Å². The second kappa shape index (κ2) is 10.0. The first-order valence-electron chi connectivity index (χ1n) is 8.48. The molecule has 2 rings (SSSR count). The zero-order valence-corrected chi connectivity index (χ0v) is 17.1. The summed E-state index contributed by atoms with van der Waals surface area (Å²) >= 11 is 0. The molecule has 0 heterocycles. The molecule has 0 aromatic carbocycles. The van der Waals surface area contributed by atoms with Crippen molar-refractivity contribution in [3.05, 3.63) is 0 Å². The molecular weight excluding hydrogens is 427 g/mol. The van der Waals surface area contributed by atoms with Gasteiger partial charge in [-0.2, -0.15) is 0 Å². The Morgan fingerprint density at radius 3 is 2.35 bits per heavy atom. The molecule has 2 atom stereocenters. The number of hydrogen-bond acceptors (Lipinski definition) is 3. The zero-order valence-electron chi connectivity index (χ0n) is 14.0. The molecule has 8 heteroatoms. The van der Waals surface area contributed by atoms with Crippen molar-refractivity contribution in [3.8, 4) is 0 Å². The summed E-state index contributed by atoms with van der Waals surface area (Å²) in [6.07, 6.45) is 11.6. The topological polar surface area (TPSA) is 96.6 Å². The van der Waals surface area contributed by atoms with Crippen molar-refractivity contribution < 1.29 is 8.42 Å². The molecule has 0 spiro atoms. The number of nitrogens with one attached hydrogen (secondary N) is 2. The monoisotopic (exact) mass is 458 g/mol. The molecule has 2 fully saturated rings. The fourth-order valence-electron chi connectivity index (χ4n) is 3.58. The van der Waals surface area contributed by atoms with Crippen LogP contribution in [0.3, 0.4) is 0 Å². The van der Waals surface area contributed by atoms with Crippen LogP contribution in [-0.2, 0) is 10.0 Å². The molecule has 2 aliphatic rings. The van der Waals surface area contributed by atoms with Crippen LogP contribution in [0.1, 0.15) is 57.8 Å². The van der Waals surface area contributed by atoms with E-state index in [1.165, 1.54) is 31.9 Å². The smallest absolute Gasteiger partial charge is 0.208 e. The van der Waals surface area contributed by atoms with Crippen LogP contribution >= 0.6 is 24.0 Å². The SMILES string of the molecule is CS(=O)(=O)NC1CCCC1CN=C(N)NC1CCCCCC1.I. The summed E-state index contributed by atoms with van der Waals surface area (Å²) in [4.78, 5) is 4.46. The molecule has 4 N–H and O–H groups in total. The Balaban J connectivity index is 0.00000264. The number of aliphatic imine (C=N–C) groups is 1. The van der Waals surface area contributed by atoms with Crippen molar-refractivity contribution in [2.45, 2.75) is 69.9 Å². The first-order valence-corrected chi connectivity index (χ1v) is 10.4. The summed E-state index contributed by atoms with van der Waals surface area (Å²) < 4.78 is 25.5. The normalized spacial score (nSPS) is 27.3. The van der Waals surface area contributed by atoms with Gasteiger partial charge in [-0.1, -0.05) is 32.1 Å². The van der Waals surface area contributed by atoms with Gasteiger partial charge in [-0.3, -0.25) is 4.99 Å². The Morgan fingerprint density at radius 2 is 1.74 bits per heavy atom. The van der Waals surface area contributed by atoms with Crippen LogP contribution in [0.5, 0.6) is 0 Å². The van der Waals surface area contributed by atoms with Crippen LogP contribution in [0.2, 0.25) is 0 Å². The summed E-state index contributed by atoms with van der Waals surface area (Å²) in [5, 5.41) is 3.33. The summed E-state index contributed by atoms with van der Waals surface area (Å²) in [7, 11) is -3.15. The number of nitrogens with two attached hydrogens (primary N) is 1. The molecule has 2 aliphatic carbocycles. The molecule has 0 amide bonds. The highest BCUT2D eigenvalue weighted by Gasteiger charge is 2.29. The minimum absolute atomic E-state index is 0. The molecule has 0 aromatic heterocycles. The van der Waals surface area contributed by atoms with E-state index in [0.717, 1.165) is 32.1 Å². The minimum atomic E-state index is -3.15. The summed E-state index contributed by atoms with van der Waals surface area (Å²) in [5.74, 6) is 0.765. The highest BCUT2D eigenvalue weighted by molar-refractivity contribution is 14.0. The molecule has 2 saturated carbocycles. The van der Waals surface area contributed by atoms with Crippen molar-refractivity contribution in [2.24, 2.45) is 16.6 Å². The van der Waals surface area contributed by atoms with Gasteiger partial charge in [-0.05, 0) is 31.6 Å². The lowest BCUT2D eigenvalue weighted by Crippen LogP contribution is -2.41. The third kappa shape index (κ3) is 8.02. The lowest BCUT2D eigenvalue weighted by molar-refractivity contribution is 0.453. The quantitative estimate of drug-likeness (QED) is 0.254. The molecule has 6 nitrogen and oxygen atoms in total. The van der Waals surface area contributed by atoms with Crippen molar-refractivity contribution in [1.82, 2.24) is 10.0 Å². The molecular formula is C15H31IN4O2S. The van der Waals surface area contributed by atoms with Crippen LogP contribution in [0.25, 0.3) is 0 Å². The van der Waals surface area contributed by atoms with Gasteiger partial charge < -0.3 is 11.1 Å². The van der Waals surface area contributed by atoms with Crippen LogP contribution in [0.4, 0.5) is 0 Å². The van der Waals surface area contributed by atoms with Crippen LogP contribution in [-0.4, -0.2) is 39.3 Å². The van der Waals surface area contributed by atoms with Crippen molar-refractivity contribution in [2.75, 3.05) is 12.8 Å². The summed E-state index contributed by atoms with van der Waals surface area (Å²) in [6.45, 7) is 0.596.